The van der Waals surface area contributed by atoms with E-state index in [1.54, 1.807) is 6.08 Å². The number of hydrogen-bond acceptors (Lipinski definition) is 2. The van der Waals surface area contributed by atoms with Crippen LogP contribution in [0.15, 0.2) is 30.9 Å². The molecule has 0 aliphatic heterocycles. The molecule has 5 nitrogen and oxygen atoms in total. The van der Waals surface area contributed by atoms with Gasteiger partial charge in [0.05, 0.1) is 11.0 Å². The molecule has 20 heavy (non-hydrogen) atoms. The van der Waals surface area contributed by atoms with E-state index < -0.39 is 0 Å². The number of aromatic nitrogens is 2. The van der Waals surface area contributed by atoms with Gasteiger partial charge in [-0.15, -0.1) is 6.58 Å². The highest BCUT2D eigenvalue weighted by atomic mass is 16.2. The van der Waals surface area contributed by atoms with Crippen molar-refractivity contribution in [3.8, 4) is 0 Å². The molecule has 2 aromatic rings. The summed E-state index contributed by atoms with van der Waals surface area (Å²) in [6, 6.07) is 5.85. The van der Waals surface area contributed by atoms with Gasteiger partial charge in [-0.25, -0.2) is 9.78 Å². The number of hydrogen-bond donors (Lipinski definition) is 3. The van der Waals surface area contributed by atoms with Gasteiger partial charge >= 0.3 is 6.03 Å². The van der Waals surface area contributed by atoms with Gasteiger partial charge in [0.15, 0.2) is 0 Å². The first kappa shape index (κ1) is 14.1. The van der Waals surface area contributed by atoms with Crippen LogP contribution in [-0.2, 0) is 6.42 Å². The molecule has 2 amide bonds. The molecule has 0 saturated carbocycles. The summed E-state index contributed by atoms with van der Waals surface area (Å²) in [5.74, 6) is 0.453. The van der Waals surface area contributed by atoms with Crippen molar-refractivity contribution in [3.63, 3.8) is 0 Å². The Bertz CT molecular complexity index is 603. The Labute approximate surface area is 118 Å². The molecule has 0 spiro atoms. The number of anilines is 1. The van der Waals surface area contributed by atoms with Gasteiger partial charge in [-0.3, -0.25) is 5.32 Å². The average Bonchev–Trinajstić information content (AvgIpc) is 2.84. The van der Waals surface area contributed by atoms with Crippen LogP contribution >= 0.6 is 0 Å². The van der Waals surface area contributed by atoms with E-state index in [0.717, 1.165) is 17.5 Å². The van der Waals surface area contributed by atoms with E-state index in [1.807, 2.05) is 6.07 Å². The maximum absolute atomic E-state index is 11.5. The van der Waals surface area contributed by atoms with E-state index >= 15 is 0 Å². The van der Waals surface area contributed by atoms with Crippen LogP contribution in [0.1, 0.15) is 25.3 Å². The molecule has 1 aromatic carbocycles. The first-order valence-electron chi connectivity index (χ1n) is 6.87. The number of nitrogens with one attached hydrogen (secondary N) is 3. The third kappa shape index (κ3) is 3.60. The molecule has 0 fully saturated rings. The minimum absolute atomic E-state index is 0.296. The van der Waals surface area contributed by atoms with Crippen molar-refractivity contribution in [2.45, 2.75) is 26.2 Å². The summed E-state index contributed by atoms with van der Waals surface area (Å²) in [6.07, 6.45) is 5.04. The zero-order valence-corrected chi connectivity index (χ0v) is 11.7. The summed E-state index contributed by atoms with van der Waals surface area (Å²) >= 11 is 0. The second kappa shape index (κ2) is 6.75. The van der Waals surface area contributed by atoms with Crippen LogP contribution in [0.4, 0.5) is 10.7 Å². The van der Waals surface area contributed by atoms with Crippen molar-refractivity contribution in [1.82, 2.24) is 15.3 Å². The van der Waals surface area contributed by atoms with Crippen molar-refractivity contribution in [1.29, 1.82) is 0 Å². The highest BCUT2D eigenvalue weighted by Gasteiger charge is 2.06. The SMILES string of the molecule is C=CCNC(=O)Nc1nc2ccc(CCCC)cc2[nH]1. The van der Waals surface area contributed by atoms with Crippen LogP contribution in [0.25, 0.3) is 11.0 Å². The number of carbonyl (C=O) groups is 1. The minimum Gasteiger partial charge on any atom is -0.334 e. The van der Waals surface area contributed by atoms with Crippen molar-refractivity contribution < 1.29 is 4.79 Å². The predicted molar refractivity (Wildman–Crippen MR) is 81.9 cm³/mol. The Morgan fingerprint density at radius 2 is 2.35 bits per heavy atom. The molecule has 0 aliphatic rings. The number of amides is 2. The fourth-order valence-corrected chi connectivity index (χ4v) is 1.97. The van der Waals surface area contributed by atoms with Crippen molar-refractivity contribution >= 4 is 23.0 Å². The number of benzene rings is 1. The Balaban J connectivity index is 2.08. The van der Waals surface area contributed by atoms with Crippen LogP contribution < -0.4 is 10.6 Å². The molecule has 0 aliphatic carbocycles. The molecule has 2 rings (SSSR count). The number of H-pyrrole nitrogens is 1. The van der Waals surface area contributed by atoms with E-state index in [1.165, 1.54) is 18.4 Å². The third-order valence-electron chi connectivity index (χ3n) is 3.00. The van der Waals surface area contributed by atoms with Gasteiger partial charge in [0, 0.05) is 6.54 Å². The number of carbonyl (C=O) groups excluding carboxylic acids is 1. The number of unbranched alkanes of at least 4 members (excludes halogenated alkanes) is 1. The minimum atomic E-state index is -0.296. The van der Waals surface area contributed by atoms with Gasteiger partial charge in [-0.1, -0.05) is 25.5 Å². The predicted octanol–water partition coefficient (Wildman–Crippen LogP) is 3.21. The highest BCUT2D eigenvalue weighted by molar-refractivity contribution is 5.89. The van der Waals surface area contributed by atoms with Crippen LogP contribution in [-0.4, -0.2) is 22.5 Å². The Kier molecular flexibility index (Phi) is 4.76. The summed E-state index contributed by atoms with van der Waals surface area (Å²) < 4.78 is 0. The molecule has 106 valence electrons. The smallest absolute Gasteiger partial charge is 0.321 e. The van der Waals surface area contributed by atoms with Crippen molar-refractivity contribution in [2.75, 3.05) is 11.9 Å². The lowest BCUT2D eigenvalue weighted by Gasteiger charge is -2.01. The number of fused-ring (bicyclic) bond motifs is 1. The molecular formula is C15H20N4O. The number of urea groups is 1. The standard InChI is InChI=1S/C15H20N4O/c1-3-5-6-11-7-8-12-13(10-11)18-14(17-12)19-15(20)16-9-4-2/h4,7-8,10H,2-3,5-6,9H2,1H3,(H3,16,17,18,19,20). The van der Waals surface area contributed by atoms with Crippen LogP contribution in [0, 0.1) is 0 Å². The molecule has 0 unspecified atom stereocenters. The fourth-order valence-electron chi connectivity index (χ4n) is 1.97. The lowest BCUT2D eigenvalue weighted by molar-refractivity contribution is 0.253. The van der Waals surface area contributed by atoms with Crippen LogP contribution in [0.3, 0.4) is 0 Å². The van der Waals surface area contributed by atoms with E-state index in [4.69, 9.17) is 0 Å². The molecule has 3 N–H and O–H groups in total. The van der Waals surface area contributed by atoms with Gasteiger partial charge in [-0.05, 0) is 30.5 Å². The molecule has 0 radical (unpaired) electrons. The third-order valence-corrected chi connectivity index (χ3v) is 3.00. The molecule has 5 heteroatoms. The first-order valence-corrected chi connectivity index (χ1v) is 6.87. The zero-order chi connectivity index (χ0) is 14.4. The highest BCUT2D eigenvalue weighted by Crippen LogP contribution is 2.17. The maximum atomic E-state index is 11.5. The number of nitrogens with zero attached hydrogens (tertiary/aromatic N) is 1. The van der Waals surface area contributed by atoms with Crippen molar-refractivity contribution in [2.24, 2.45) is 0 Å². The normalized spacial score (nSPS) is 10.4. The Morgan fingerprint density at radius 3 is 3.10 bits per heavy atom. The number of aryl methyl sites for hydroxylation is 1. The Hall–Kier alpha value is -2.30. The summed E-state index contributed by atoms with van der Waals surface area (Å²) in [4.78, 5) is 19.0. The zero-order valence-electron chi connectivity index (χ0n) is 11.7. The lowest BCUT2D eigenvalue weighted by atomic mass is 10.1. The van der Waals surface area contributed by atoms with Gasteiger partial charge in [0.1, 0.15) is 0 Å². The molecule has 0 bridgehead atoms. The summed E-state index contributed by atoms with van der Waals surface area (Å²) in [7, 11) is 0. The van der Waals surface area contributed by atoms with Gasteiger partial charge in [0.25, 0.3) is 0 Å². The molecular weight excluding hydrogens is 252 g/mol. The average molecular weight is 272 g/mol. The van der Waals surface area contributed by atoms with E-state index in [2.05, 4.69) is 46.2 Å². The van der Waals surface area contributed by atoms with Gasteiger partial charge in [-0.2, -0.15) is 0 Å². The van der Waals surface area contributed by atoms with E-state index in [0.29, 0.717) is 12.5 Å². The van der Waals surface area contributed by atoms with Gasteiger partial charge < -0.3 is 10.3 Å². The summed E-state index contributed by atoms with van der Waals surface area (Å²) in [6.45, 7) is 6.15. The van der Waals surface area contributed by atoms with E-state index in [9.17, 15) is 4.79 Å². The van der Waals surface area contributed by atoms with E-state index in [-0.39, 0.29) is 6.03 Å². The quantitative estimate of drug-likeness (QED) is 0.707. The largest absolute Gasteiger partial charge is 0.334 e. The van der Waals surface area contributed by atoms with Gasteiger partial charge in [0.2, 0.25) is 5.95 Å². The second-order valence-corrected chi connectivity index (χ2v) is 4.66. The first-order chi connectivity index (χ1) is 9.72. The molecule has 0 atom stereocenters. The van der Waals surface area contributed by atoms with Crippen LogP contribution in [0.2, 0.25) is 0 Å². The molecule has 1 aromatic heterocycles. The lowest BCUT2D eigenvalue weighted by Crippen LogP contribution is -2.29. The fraction of sp³-hybridized carbons (Fsp3) is 0.333. The summed E-state index contributed by atoms with van der Waals surface area (Å²) in [5, 5.41) is 5.30. The number of aromatic amines is 1. The molecule has 1 heterocycles. The second-order valence-electron chi connectivity index (χ2n) is 4.66. The maximum Gasteiger partial charge on any atom is 0.321 e. The topological polar surface area (TPSA) is 69.8 Å². The van der Waals surface area contributed by atoms with Crippen molar-refractivity contribution in [3.05, 3.63) is 36.4 Å². The number of rotatable bonds is 6. The number of imidazole rings is 1. The summed E-state index contributed by atoms with van der Waals surface area (Å²) in [5.41, 5.74) is 3.08. The Morgan fingerprint density at radius 1 is 1.50 bits per heavy atom. The molecule has 0 saturated heterocycles. The van der Waals surface area contributed by atoms with Crippen LogP contribution in [0.5, 0.6) is 0 Å². The monoisotopic (exact) mass is 272 g/mol.